The van der Waals surface area contributed by atoms with Gasteiger partial charge in [-0.1, -0.05) is 56.2 Å². The van der Waals surface area contributed by atoms with Crippen molar-refractivity contribution in [1.29, 1.82) is 0 Å². The van der Waals surface area contributed by atoms with Gasteiger partial charge in [-0.3, -0.25) is 0 Å². The molecular formula is C20H26O3. The monoisotopic (exact) mass is 314 g/mol. The van der Waals surface area contributed by atoms with Crippen molar-refractivity contribution in [2.75, 3.05) is 14.2 Å². The quantitative estimate of drug-likeness (QED) is 0.788. The highest BCUT2D eigenvalue weighted by molar-refractivity contribution is 5.91. The number of rotatable bonds is 3. The number of hydrogen-bond acceptors (Lipinski definition) is 3. The highest BCUT2D eigenvalue weighted by Gasteiger charge is 2.54. The molecule has 0 radical (unpaired) electrons. The van der Waals surface area contributed by atoms with Crippen LogP contribution in [0, 0.1) is 11.3 Å². The van der Waals surface area contributed by atoms with Gasteiger partial charge in [-0.25, -0.2) is 4.79 Å². The van der Waals surface area contributed by atoms with Gasteiger partial charge in [0.25, 0.3) is 0 Å². The first-order valence-corrected chi connectivity index (χ1v) is 8.50. The zero-order valence-electron chi connectivity index (χ0n) is 14.2. The number of carbonyl (C=O) groups excluding carboxylic acids is 1. The first kappa shape index (κ1) is 16.3. The first-order chi connectivity index (χ1) is 11.1. The lowest BCUT2D eigenvalue weighted by molar-refractivity contribution is -0.138. The third kappa shape index (κ3) is 2.72. The largest absolute Gasteiger partial charge is 0.466 e. The molecule has 1 aromatic rings. The van der Waals surface area contributed by atoms with Crippen molar-refractivity contribution < 1.29 is 14.3 Å². The Morgan fingerprint density at radius 1 is 1.13 bits per heavy atom. The fourth-order valence-electron chi connectivity index (χ4n) is 4.52. The van der Waals surface area contributed by atoms with Crippen LogP contribution in [0.15, 0.2) is 42.0 Å². The molecule has 0 heterocycles. The molecule has 1 spiro atoms. The van der Waals surface area contributed by atoms with Crippen molar-refractivity contribution in [2.45, 2.75) is 44.6 Å². The normalized spacial score (nSPS) is 33.5. The number of carbonyl (C=O) groups is 1. The summed E-state index contributed by atoms with van der Waals surface area (Å²) in [7, 11) is 3.16. The summed E-state index contributed by atoms with van der Waals surface area (Å²) >= 11 is 0. The molecule has 124 valence electrons. The van der Waals surface area contributed by atoms with Crippen LogP contribution in [0.4, 0.5) is 0 Å². The molecule has 3 rings (SSSR count). The average molecular weight is 314 g/mol. The molecule has 23 heavy (non-hydrogen) atoms. The fraction of sp³-hybridized carbons (Fsp3) is 0.550. The maximum Gasteiger partial charge on any atom is 0.336 e. The van der Waals surface area contributed by atoms with Crippen LogP contribution >= 0.6 is 0 Å². The standard InChI is InChI=1S/C20H26O3/c1-14-9-11-20(12-10-14)17(15-7-5-4-6-8-15)13-16(18(20)22-2)19(21)23-3/h4-8,13-14,17-18H,9-12H2,1-3H3/t14?,17-,18-,20?/m1/s1. The molecule has 2 aliphatic rings. The lowest BCUT2D eigenvalue weighted by atomic mass is 9.61. The molecule has 0 aliphatic heterocycles. The number of ether oxygens (including phenoxy) is 2. The Kier molecular flexibility index (Phi) is 4.58. The maximum absolute atomic E-state index is 12.3. The van der Waals surface area contributed by atoms with Gasteiger partial charge in [0.05, 0.1) is 18.8 Å². The Hall–Kier alpha value is -1.61. The van der Waals surface area contributed by atoms with E-state index in [1.165, 1.54) is 25.5 Å². The third-order valence-electron chi connectivity index (χ3n) is 5.79. The van der Waals surface area contributed by atoms with Gasteiger partial charge in [-0.2, -0.15) is 0 Å². The van der Waals surface area contributed by atoms with Gasteiger partial charge in [0.1, 0.15) is 0 Å². The predicted molar refractivity (Wildman–Crippen MR) is 90.1 cm³/mol. The molecular weight excluding hydrogens is 288 g/mol. The second-order valence-corrected chi connectivity index (χ2v) is 7.03. The molecule has 3 nitrogen and oxygen atoms in total. The Balaban J connectivity index is 2.05. The summed E-state index contributed by atoms with van der Waals surface area (Å²) in [4.78, 5) is 12.3. The Morgan fingerprint density at radius 2 is 1.78 bits per heavy atom. The van der Waals surface area contributed by atoms with Crippen molar-refractivity contribution in [3.05, 3.63) is 47.5 Å². The number of hydrogen-bond donors (Lipinski definition) is 0. The van der Waals surface area contributed by atoms with Gasteiger partial charge in [0.2, 0.25) is 0 Å². The van der Waals surface area contributed by atoms with Crippen molar-refractivity contribution in [3.8, 4) is 0 Å². The van der Waals surface area contributed by atoms with Gasteiger partial charge in [0.15, 0.2) is 0 Å². The van der Waals surface area contributed by atoms with Crippen LogP contribution in [-0.4, -0.2) is 26.3 Å². The van der Waals surface area contributed by atoms with Crippen LogP contribution in [-0.2, 0) is 14.3 Å². The predicted octanol–water partition coefficient (Wildman–Crippen LogP) is 4.09. The highest BCUT2D eigenvalue weighted by atomic mass is 16.5. The van der Waals surface area contributed by atoms with Crippen LogP contribution in [0.25, 0.3) is 0 Å². The molecule has 1 fully saturated rings. The van der Waals surface area contributed by atoms with Crippen LogP contribution in [0.2, 0.25) is 0 Å². The third-order valence-corrected chi connectivity index (χ3v) is 5.79. The summed E-state index contributed by atoms with van der Waals surface area (Å²) in [5.74, 6) is 0.709. The second-order valence-electron chi connectivity index (χ2n) is 7.03. The van der Waals surface area contributed by atoms with Crippen LogP contribution < -0.4 is 0 Å². The first-order valence-electron chi connectivity index (χ1n) is 8.50. The molecule has 3 heteroatoms. The van der Waals surface area contributed by atoms with E-state index >= 15 is 0 Å². The van der Waals surface area contributed by atoms with E-state index in [2.05, 4.69) is 37.3 Å². The van der Waals surface area contributed by atoms with Gasteiger partial charge in [-0.15, -0.1) is 0 Å². The van der Waals surface area contributed by atoms with Crippen LogP contribution in [0.1, 0.15) is 44.1 Å². The Morgan fingerprint density at radius 3 is 2.35 bits per heavy atom. The summed E-state index contributed by atoms with van der Waals surface area (Å²) < 4.78 is 10.9. The molecule has 0 saturated heterocycles. The van der Waals surface area contributed by atoms with E-state index < -0.39 is 0 Å². The number of allylic oxidation sites excluding steroid dienone is 1. The van der Waals surface area contributed by atoms with E-state index in [1.807, 2.05) is 6.07 Å². The highest BCUT2D eigenvalue weighted by Crippen LogP contribution is 2.58. The molecule has 1 saturated carbocycles. The summed E-state index contributed by atoms with van der Waals surface area (Å²) in [5.41, 5.74) is 1.94. The van der Waals surface area contributed by atoms with Crippen LogP contribution in [0.3, 0.4) is 0 Å². The zero-order chi connectivity index (χ0) is 16.4. The summed E-state index contributed by atoms with van der Waals surface area (Å²) in [6, 6.07) is 10.5. The van der Waals surface area contributed by atoms with Gasteiger partial charge in [-0.05, 0) is 24.3 Å². The summed E-state index contributed by atoms with van der Waals surface area (Å²) in [6.07, 6.45) is 6.47. The zero-order valence-corrected chi connectivity index (χ0v) is 14.2. The fourth-order valence-corrected chi connectivity index (χ4v) is 4.52. The molecule has 2 atom stereocenters. The number of methoxy groups -OCH3 is 2. The smallest absolute Gasteiger partial charge is 0.336 e. The van der Waals surface area contributed by atoms with Crippen molar-refractivity contribution >= 4 is 5.97 Å². The van der Waals surface area contributed by atoms with Crippen molar-refractivity contribution in [2.24, 2.45) is 11.3 Å². The van der Waals surface area contributed by atoms with Crippen molar-refractivity contribution in [1.82, 2.24) is 0 Å². The molecule has 0 N–H and O–H groups in total. The van der Waals surface area contributed by atoms with Gasteiger partial charge < -0.3 is 9.47 Å². The van der Waals surface area contributed by atoms with E-state index in [0.29, 0.717) is 5.57 Å². The minimum Gasteiger partial charge on any atom is -0.466 e. The van der Waals surface area contributed by atoms with E-state index in [9.17, 15) is 4.79 Å². The molecule has 0 bridgehead atoms. The van der Waals surface area contributed by atoms with Crippen molar-refractivity contribution in [3.63, 3.8) is 0 Å². The second kappa shape index (κ2) is 6.48. The molecule has 1 aromatic carbocycles. The van der Waals surface area contributed by atoms with Gasteiger partial charge in [0, 0.05) is 18.4 Å². The maximum atomic E-state index is 12.3. The van der Waals surface area contributed by atoms with Gasteiger partial charge >= 0.3 is 5.97 Å². The SMILES string of the molecule is COC(=O)C1=C[C@H](c2ccccc2)C2(CCC(C)CC2)[C@@H]1OC. The topological polar surface area (TPSA) is 35.5 Å². The summed E-state index contributed by atoms with van der Waals surface area (Å²) in [6.45, 7) is 2.32. The molecule has 0 aromatic heterocycles. The number of benzene rings is 1. The Labute approximate surface area is 138 Å². The molecule has 2 aliphatic carbocycles. The Bertz CT molecular complexity index is 582. The minimum absolute atomic E-state index is 0.0217. The van der Waals surface area contributed by atoms with E-state index in [-0.39, 0.29) is 23.4 Å². The van der Waals surface area contributed by atoms with Crippen LogP contribution in [0.5, 0.6) is 0 Å². The molecule has 0 amide bonds. The van der Waals surface area contributed by atoms with E-state index in [0.717, 1.165) is 18.8 Å². The molecule has 0 unspecified atom stereocenters. The summed E-state index contributed by atoms with van der Waals surface area (Å²) in [5, 5.41) is 0. The minimum atomic E-state index is -0.256. The number of esters is 1. The average Bonchev–Trinajstić information content (AvgIpc) is 2.91. The lowest BCUT2D eigenvalue weighted by Gasteiger charge is -2.45. The van der Waals surface area contributed by atoms with E-state index in [4.69, 9.17) is 9.47 Å². The lowest BCUT2D eigenvalue weighted by Crippen LogP contribution is -2.42. The van der Waals surface area contributed by atoms with E-state index in [1.54, 1.807) is 7.11 Å².